The lowest BCUT2D eigenvalue weighted by Crippen LogP contribution is -2.53. The van der Waals surface area contributed by atoms with Crippen LogP contribution in [0.5, 0.6) is 0 Å². The van der Waals surface area contributed by atoms with E-state index in [0.717, 1.165) is 38.5 Å². The average molecular weight is 302 g/mol. The molecule has 2 saturated carbocycles. The second-order valence-electron chi connectivity index (χ2n) is 7.77. The van der Waals surface area contributed by atoms with Crippen molar-refractivity contribution in [2.75, 3.05) is 0 Å². The summed E-state index contributed by atoms with van der Waals surface area (Å²) in [5, 5.41) is 9.81. The highest BCUT2D eigenvalue weighted by Gasteiger charge is 2.57. The van der Waals surface area contributed by atoms with E-state index in [4.69, 9.17) is 0 Å². The van der Waals surface area contributed by atoms with Crippen molar-refractivity contribution in [3.05, 3.63) is 36.5 Å². The summed E-state index contributed by atoms with van der Waals surface area (Å²) in [6, 6.07) is 0. The van der Waals surface area contributed by atoms with Gasteiger partial charge in [-0.2, -0.15) is 0 Å². The number of aliphatic carboxylic acids is 1. The van der Waals surface area contributed by atoms with Gasteiger partial charge in [0.25, 0.3) is 0 Å². The van der Waals surface area contributed by atoms with Crippen LogP contribution >= 0.6 is 0 Å². The maximum atomic E-state index is 11.9. The number of rotatable bonds is 4. The van der Waals surface area contributed by atoms with Crippen LogP contribution in [-0.2, 0) is 4.79 Å². The van der Waals surface area contributed by atoms with Gasteiger partial charge in [-0.05, 0) is 63.2 Å². The van der Waals surface area contributed by atoms with Gasteiger partial charge in [-0.1, -0.05) is 49.8 Å². The van der Waals surface area contributed by atoms with Crippen LogP contribution in [0, 0.1) is 22.7 Å². The first-order valence-corrected chi connectivity index (χ1v) is 8.46. The van der Waals surface area contributed by atoms with E-state index in [1.54, 1.807) is 0 Å². The average Bonchev–Trinajstić information content (AvgIpc) is 2.45. The quantitative estimate of drug-likeness (QED) is 0.559. The van der Waals surface area contributed by atoms with Gasteiger partial charge < -0.3 is 5.11 Å². The first kappa shape index (κ1) is 17.1. The largest absolute Gasteiger partial charge is 0.481 e. The second kappa shape index (κ2) is 6.06. The summed E-state index contributed by atoms with van der Waals surface area (Å²) < 4.78 is 0. The highest BCUT2D eigenvalue weighted by atomic mass is 16.4. The topological polar surface area (TPSA) is 37.3 Å². The third-order valence-corrected chi connectivity index (χ3v) is 6.51. The molecular weight excluding hydrogens is 272 g/mol. The molecule has 0 amide bonds. The molecule has 2 fully saturated rings. The molecule has 122 valence electrons. The molecule has 0 radical (unpaired) electrons. The van der Waals surface area contributed by atoms with Gasteiger partial charge in [0.2, 0.25) is 0 Å². The second-order valence-corrected chi connectivity index (χ2v) is 7.77. The highest BCUT2D eigenvalue weighted by Crippen LogP contribution is 2.61. The molecule has 0 unspecified atom stereocenters. The van der Waals surface area contributed by atoms with Crippen LogP contribution in [0.2, 0.25) is 0 Å². The molecule has 1 N–H and O–H groups in total. The molecule has 2 aliphatic rings. The van der Waals surface area contributed by atoms with Crippen LogP contribution in [0.15, 0.2) is 36.5 Å². The molecule has 0 aromatic heterocycles. The predicted molar refractivity (Wildman–Crippen MR) is 91.6 cm³/mol. The van der Waals surface area contributed by atoms with Gasteiger partial charge in [-0.15, -0.1) is 0 Å². The minimum atomic E-state index is -0.618. The van der Waals surface area contributed by atoms with Crippen LogP contribution < -0.4 is 0 Å². The molecule has 2 aliphatic carbocycles. The van der Waals surface area contributed by atoms with Gasteiger partial charge in [0, 0.05) is 0 Å². The molecule has 0 spiro atoms. The zero-order chi connectivity index (χ0) is 16.5. The fourth-order valence-corrected chi connectivity index (χ4v) is 5.03. The van der Waals surface area contributed by atoms with Gasteiger partial charge in [0.05, 0.1) is 5.41 Å². The van der Waals surface area contributed by atoms with Gasteiger partial charge >= 0.3 is 5.97 Å². The number of carboxylic acids is 1. The Morgan fingerprint density at radius 1 is 1.41 bits per heavy atom. The zero-order valence-corrected chi connectivity index (χ0v) is 14.3. The van der Waals surface area contributed by atoms with E-state index in [1.165, 1.54) is 11.1 Å². The van der Waals surface area contributed by atoms with Crippen molar-refractivity contribution < 1.29 is 9.90 Å². The molecule has 0 aliphatic heterocycles. The van der Waals surface area contributed by atoms with Crippen LogP contribution in [0.1, 0.15) is 59.3 Å². The summed E-state index contributed by atoms with van der Waals surface area (Å²) in [5.41, 5.74) is 1.97. The lowest BCUT2D eigenvalue weighted by molar-refractivity contribution is -0.164. The van der Waals surface area contributed by atoms with Crippen molar-refractivity contribution in [2.45, 2.75) is 59.3 Å². The number of hydrogen-bond acceptors (Lipinski definition) is 1. The Morgan fingerprint density at radius 2 is 2.09 bits per heavy atom. The van der Waals surface area contributed by atoms with Crippen molar-refractivity contribution in [2.24, 2.45) is 22.7 Å². The molecule has 0 saturated heterocycles. The zero-order valence-electron chi connectivity index (χ0n) is 14.3. The number of carboxylic acid groups (broad SMARTS) is 1. The molecule has 0 aromatic carbocycles. The maximum Gasteiger partial charge on any atom is 0.309 e. The Hall–Kier alpha value is -1.31. The Labute approximate surface area is 135 Å². The van der Waals surface area contributed by atoms with E-state index in [0.29, 0.717) is 5.92 Å². The molecule has 0 bridgehead atoms. The van der Waals surface area contributed by atoms with Crippen molar-refractivity contribution in [1.29, 1.82) is 0 Å². The summed E-state index contributed by atoms with van der Waals surface area (Å²) in [7, 11) is 0. The third-order valence-electron chi connectivity index (χ3n) is 6.51. The molecule has 4 atom stereocenters. The van der Waals surface area contributed by atoms with E-state index in [-0.39, 0.29) is 11.3 Å². The Bertz CT molecular complexity index is 516. The van der Waals surface area contributed by atoms with Gasteiger partial charge in [0.1, 0.15) is 0 Å². The third kappa shape index (κ3) is 2.68. The Balaban J connectivity index is 2.36. The first-order chi connectivity index (χ1) is 10.3. The number of carbonyl (C=O) groups is 1. The summed E-state index contributed by atoms with van der Waals surface area (Å²) in [5.74, 6) is 0.0202. The normalized spacial score (nSPS) is 39.2. The van der Waals surface area contributed by atoms with E-state index in [9.17, 15) is 9.90 Å². The van der Waals surface area contributed by atoms with Crippen LogP contribution in [-0.4, -0.2) is 11.1 Å². The van der Waals surface area contributed by atoms with Crippen molar-refractivity contribution in [3.8, 4) is 0 Å². The molecule has 0 heterocycles. The molecular formula is C20H30O2. The van der Waals surface area contributed by atoms with Crippen LogP contribution in [0.3, 0.4) is 0 Å². The van der Waals surface area contributed by atoms with Gasteiger partial charge in [0.15, 0.2) is 0 Å². The smallest absolute Gasteiger partial charge is 0.309 e. The SMILES string of the molecule is C=C/C(C)=C/C[C@@H]1C(=C)CC[C@H]2[C@]1(C)CCC[C@]2(C)C(=O)O. The predicted octanol–water partition coefficient (Wildman–Crippen LogP) is 5.37. The summed E-state index contributed by atoms with van der Waals surface area (Å²) >= 11 is 0. The molecule has 0 aromatic rings. The van der Waals surface area contributed by atoms with E-state index in [1.807, 2.05) is 13.0 Å². The first-order valence-electron chi connectivity index (χ1n) is 8.46. The lowest BCUT2D eigenvalue weighted by Gasteiger charge is -2.57. The van der Waals surface area contributed by atoms with Crippen LogP contribution in [0.4, 0.5) is 0 Å². The number of fused-ring (bicyclic) bond motifs is 1. The molecule has 2 nitrogen and oxygen atoms in total. The molecule has 22 heavy (non-hydrogen) atoms. The van der Waals surface area contributed by atoms with Crippen molar-refractivity contribution in [1.82, 2.24) is 0 Å². The fraction of sp³-hybridized carbons (Fsp3) is 0.650. The summed E-state index contributed by atoms with van der Waals surface area (Å²) in [4.78, 5) is 11.9. The van der Waals surface area contributed by atoms with E-state index >= 15 is 0 Å². The lowest BCUT2D eigenvalue weighted by atomic mass is 9.46. The molecule has 2 heteroatoms. The number of allylic oxidation sites excluding steroid dienone is 4. The summed E-state index contributed by atoms with van der Waals surface area (Å²) in [6.07, 6.45) is 9.95. The van der Waals surface area contributed by atoms with Crippen LogP contribution in [0.25, 0.3) is 0 Å². The van der Waals surface area contributed by atoms with Gasteiger partial charge in [-0.25, -0.2) is 0 Å². The fourth-order valence-electron chi connectivity index (χ4n) is 5.03. The number of hydrogen-bond donors (Lipinski definition) is 1. The van der Waals surface area contributed by atoms with Gasteiger partial charge in [-0.3, -0.25) is 4.79 Å². The monoisotopic (exact) mass is 302 g/mol. The Kier molecular flexibility index (Phi) is 4.70. The highest BCUT2D eigenvalue weighted by molar-refractivity contribution is 5.75. The van der Waals surface area contributed by atoms with Crippen molar-refractivity contribution in [3.63, 3.8) is 0 Å². The minimum absolute atomic E-state index is 0.0542. The molecule has 2 rings (SSSR count). The van der Waals surface area contributed by atoms with Crippen molar-refractivity contribution >= 4 is 5.97 Å². The van der Waals surface area contributed by atoms with E-state index in [2.05, 4.69) is 33.1 Å². The maximum absolute atomic E-state index is 11.9. The standard InChI is InChI=1S/C20H30O2/c1-6-14(2)8-10-16-15(3)9-11-17-19(16,4)12-7-13-20(17,5)18(21)22/h6,8,16-17H,1,3,7,9-13H2,2,4-5H3,(H,21,22)/b14-8+/t16-,17+,19-,20+/m1/s1. The minimum Gasteiger partial charge on any atom is -0.481 e. The summed E-state index contributed by atoms with van der Waals surface area (Å²) in [6.45, 7) is 14.5. The van der Waals surface area contributed by atoms with E-state index < -0.39 is 11.4 Å². The Morgan fingerprint density at radius 3 is 2.68 bits per heavy atom.